The third-order valence-electron chi connectivity index (χ3n) is 5.27. The number of nitrogens with zero attached hydrogens (tertiary/aromatic N) is 2. The van der Waals surface area contributed by atoms with Gasteiger partial charge in [0.2, 0.25) is 0 Å². The minimum Gasteiger partial charge on any atom is -0.379 e. The number of piperidine rings is 1. The molecule has 2 heterocycles. The zero-order valence-corrected chi connectivity index (χ0v) is 14.9. The van der Waals surface area contributed by atoms with Gasteiger partial charge in [0.05, 0.1) is 26.4 Å². The van der Waals surface area contributed by atoms with Crippen LogP contribution in [0.3, 0.4) is 0 Å². The average Bonchev–Trinajstić information content (AvgIpc) is 2.66. The Kier molecular flexibility index (Phi) is 7.55. The fourth-order valence-corrected chi connectivity index (χ4v) is 3.78. The van der Waals surface area contributed by atoms with Crippen molar-refractivity contribution < 1.29 is 9.47 Å². The van der Waals surface area contributed by atoms with Crippen molar-refractivity contribution in [1.29, 1.82) is 0 Å². The van der Waals surface area contributed by atoms with Crippen LogP contribution in [0.25, 0.3) is 0 Å². The van der Waals surface area contributed by atoms with Crippen molar-refractivity contribution in [2.75, 3.05) is 52.5 Å². The summed E-state index contributed by atoms with van der Waals surface area (Å²) in [7, 11) is 0. The normalized spacial score (nSPS) is 23.4. The molecular formula is C20H32N2O2. The van der Waals surface area contributed by atoms with E-state index in [2.05, 4.69) is 40.1 Å². The minimum atomic E-state index is 0.729. The summed E-state index contributed by atoms with van der Waals surface area (Å²) in [5.74, 6) is 0. The van der Waals surface area contributed by atoms with E-state index in [1.165, 1.54) is 44.3 Å². The zero-order chi connectivity index (χ0) is 16.5. The van der Waals surface area contributed by atoms with Gasteiger partial charge in [0, 0.05) is 25.7 Å². The van der Waals surface area contributed by atoms with E-state index in [1.54, 1.807) is 0 Å². The lowest BCUT2D eigenvalue weighted by molar-refractivity contribution is 0.0262. The summed E-state index contributed by atoms with van der Waals surface area (Å²) >= 11 is 0. The van der Waals surface area contributed by atoms with Crippen LogP contribution in [0.5, 0.6) is 0 Å². The molecule has 1 atom stereocenters. The van der Waals surface area contributed by atoms with Crippen molar-refractivity contribution in [3.63, 3.8) is 0 Å². The predicted octanol–water partition coefficient (Wildman–Crippen LogP) is 2.78. The van der Waals surface area contributed by atoms with E-state index in [0.29, 0.717) is 0 Å². The van der Waals surface area contributed by atoms with E-state index in [4.69, 9.17) is 9.47 Å². The van der Waals surface area contributed by atoms with E-state index >= 15 is 0 Å². The highest BCUT2D eigenvalue weighted by Crippen LogP contribution is 2.20. The molecule has 0 unspecified atom stereocenters. The minimum absolute atomic E-state index is 0.729. The molecule has 0 bridgehead atoms. The molecule has 0 radical (unpaired) electrons. The van der Waals surface area contributed by atoms with E-state index in [9.17, 15) is 0 Å². The van der Waals surface area contributed by atoms with Crippen LogP contribution < -0.4 is 0 Å². The second-order valence-corrected chi connectivity index (χ2v) is 6.97. The van der Waals surface area contributed by atoms with Gasteiger partial charge in [0.25, 0.3) is 0 Å². The number of rotatable bonds is 8. The molecule has 1 aromatic rings. The number of likely N-dealkylation sites (tertiary alicyclic amines) is 1. The Morgan fingerprint density at radius 3 is 2.67 bits per heavy atom. The first-order chi connectivity index (χ1) is 11.9. The van der Waals surface area contributed by atoms with Gasteiger partial charge in [-0.15, -0.1) is 0 Å². The average molecular weight is 332 g/mol. The quantitative estimate of drug-likeness (QED) is 0.684. The topological polar surface area (TPSA) is 24.9 Å². The smallest absolute Gasteiger partial charge is 0.0717 e. The molecule has 2 fully saturated rings. The lowest BCUT2D eigenvalue weighted by atomic mass is 9.99. The van der Waals surface area contributed by atoms with Crippen molar-refractivity contribution in [2.24, 2.45) is 0 Å². The molecule has 0 spiro atoms. The van der Waals surface area contributed by atoms with Crippen LogP contribution in [0.4, 0.5) is 0 Å². The molecule has 134 valence electrons. The second-order valence-electron chi connectivity index (χ2n) is 6.97. The molecule has 0 N–H and O–H groups in total. The van der Waals surface area contributed by atoms with E-state index in [-0.39, 0.29) is 0 Å². The molecule has 1 aromatic carbocycles. The van der Waals surface area contributed by atoms with Gasteiger partial charge >= 0.3 is 0 Å². The fourth-order valence-electron chi connectivity index (χ4n) is 3.78. The maximum absolute atomic E-state index is 5.90. The zero-order valence-electron chi connectivity index (χ0n) is 14.9. The van der Waals surface area contributed by atoms with E-state index in [0.717, 1.165) is 52.1 Å². The summed E-state index contributed by atoms with van der Waals surface area (Å²) in [5, 5.41) is 0. The SMILES string of the molecule is c1ccc(COCCN2CCCC[C@@H]2CCN2CCOCC2)cc1. The van der Waals surface area contributed by atoms with Crippen molar-refractivity contribution >= 4 is 0 Å². The first kappa shape index (κ1) is 17.9. The Bertz CT molecular complexity index is 448. The summed E-state index contributed by atoms with van der Waals surface area (Å²) in [6.45, 7) is 9.11. The summed E-state index contributed by atoms with van der Waals surface area (Å²) in [6, 6.07) is 11.2. The molecular weight excluding hydrogens is 300 g/mol. The highest BCUT2D eigenvalue weighted by atomic mass is 16.5. The molecule has 24 heavy (non-hydrogen) atoms. The third-order valence-corrected chi connectivity index (χ3v) is 5.27. The first-order valence-electron chi connectivity index (χ1n) is 9.57. The maximum atomic E-state index is 5.90. The Hall–Kier alpha value is -0.940. The standard InChI is InChI=1S/C20H32N2O2/c1-2-6-19(7-3-1)18-24-17-14-22-10-5-4-8-20(22)9-11-21-12-15-23-16-13-21/h1-3,6-7,20H,4-5,8-18H2/t20-/m1/s1. The van der Waals surface area contributed by atoms with Crippen LogP contribution in [-0.4, -0.2) is 68.4 Å². The maximum Gasteiger partial charge on any atom is 0.0717 e. The largest absolute Gasteiger partial charge is 0.379 e. The highest BCUT2D eigenvalue weighted by Gasteiger charge is 2.23. The number of hydrogen-bond acceptors (Lipinski definition) is 4. The Balaban J connectivity index is 1.35. The van der Waals surface area contributed by atoms with Crippen LogP contribution in [0, 0.1) is 0 Å². The van der Waals surface area contributed by atoms with Gasteiger partial charge in [-0.2, -0.15) is 0 Å². The summed E-state index contributed by atoms with van der Waals surface area (Å²) in [4.78, 5) is 5.22. The van der Waals surface area contributed by atoms with Gasteiger partial charge in [-0.25, -0.2) is 0 Å². The first-order valence-corrected chi connectivity index (χ1v) is 9.57. The molecule has 0 saturated carbocycles. The second kappa shape index (κ2) is 10.1. The molecule has 3 rings (SSSR count). The Morgan fingerprint density at radius 2 is 1.83 bits per heavy atom. The van der Waals surface area contributed by atoms with Crippen molar-refractivity contribution in [2.45, 2.75) is 38.3 Å². The van der Waals surface area contributed by atoms with Gasteiger partial charge in [-0.3, -0.25) is 9.80 Å². The van der Waals surface area contributed by atoms with Crippen LogP contribution in [0.15, 0.2) is 30.3 Å². The third kappa shape index (κ3) is 5.85. The van der Waals surface area contributed by atoms with E-state index in [1.807, 2.05) is 0 Å². The molecule has 2 saturated heterocycles. The molecule has 4 heteroatoms. The number of morpholine rings is 1. The predicted molar refractivity (Wildman–Crippen MR) is 97.2 cm³/mol. The Labute approximate surface area is 146 Å². The van der Waals surface area contributed by atoms with Gasteiger partial charge in [-0.1, -0.05) is 36.8 Å². The van der Waals surface area contributed by atoms with Crippen molar-refractivity contribution in [3.8, 4) is 0 Å². The monoisotopic (exact) mass is 332 g/mol. The van der Waals surface area contributed by atoms with Gasteiger partial charge < -0.3 is 9.47 Å². The lowest BCUT2D eigenvalue weighted by Gasteiger charge is -2.37. The summed E-state index contributed by atoms with van der Waals surface area (Å²) < 4.78 is 11.3. The molecule has 0 aromatic heterocycles. The molecule has 0 aliphatic carbocycles. The van der Waals surface area contributed by atoms with Crippen LogP contribution in [-0.2, 0) is 16.1 Å². The van der Waals surface area contributed by atoms with Crippen LogP contribution in [0.2, 0.25) is 0 Å². The number of ether oxygens (including phenoxy) is 2. The van der Waals surface area contributed by atoms with Gasteiger partial charge in [0.15, 0.2) is 0 Å². The number of benzene rings is 1. The van der Waals surface area contributed by atoms with Gasteiger partial charge in [0.1, 0.15) is 0 Å². The van der Waals surface area contributed by atoms with Crippen LogP contribution in [0.1, 0.15) is 31.2 Å². The summed E-state index contributed by atoms with van der Waals surface area (Å²) in [5.41, 5.74) is 1.26. The van der Waals surface area contributed by atoms with Crippen LogP contribution >= 0.6 is 0 Å². The summed E-state index contributed by atoms with van der Waals surface area (Å²) in [6.07, 6.45) is 5.36. The van der Waals surface area contributed by atoms with Crippen molar-refractivity contribution in [3.05, 3.63) is 35.9 Å². The van der Waals surface area contributed by atoms with Crippen molar-refractivity contribution in [1.82, 2.24) is 9.80 Å². The van der Waals surface area contributed by atoms with Gasteiger partial charge in [-0.05, 0) is 37.9 Å². The highest BCUT2D eigenvalue weighted by molar-refractivity contribution is 5.13. The number of hydrogen-bond donors (Lipinski definition) is 0. The molecule has 0 amide bonds. The molecule has 2 aliphatic rings. The molecule has 2 aliphatic heterocycles. The van der Waals surface area contributed by atoms with E-state index < -0.39 is 0 Å². The fraction of sp³-hybridized carbons (Fsp3) is 0.700. The molecule has 4 nitrogen and oxygen atoms in total. The Morgan fingerprint density at radius 1 is 1.00 bits per heavy atom. The lowest BCUT2D eigenvalue weighted by Crippen LogP contribution is -2.44.